The molecule has 2 saturated heterocycles. The van der Waals surface area contributed by atoms with Crippen molar-refractivity contribution in [3.63, 3.8) is 0 Å². The SMILES string of the molecule is CC(=O)c1ccc(N2C(=O)[C@@H]3[C@H](C2=O)[C@H](C(=O)c2ccc(F)cc2)N2N=CC=C[C@@H]32)cc1. The first-order valence-electron chi connectivity index (χ1n) is 10.2. The summed E-state index contributed by atoms with van der Waals surface area (Å²) in [5.74, 6) is -3.62. The standard InChI is InChI=1S/C24H18FN3O4/c1-13(29)14-6-10-17(11-7-14)27-23(31)19-18-3-2-12-26-28(18)21(20(19)24(27)32)22(30)15-4-8-16(25)9-5-15/h2-12,18-21H,1H3/t18-,19-,20-,21+/m0/s1. The summed E-state index contributed by atoms with van der Waals surface area (Å²) >= 11 is 0. The van der Waals surface area contributed by atoms with Gasteiger partial charge >= 0.3 is 0 Å². The minimum atomic E-state index is -0.991. The number of fused-ring (bicyclic) bond motifs is 3. The minimum absolute atomic E-state index is 0.127. The van der Waals surface area contributed by atoms with Crippen LogP contribution in [0.5, 0.6) is 0 Å². The fourth-order valence-electron chi connectivity index (χ4n) is 4.72. The molecule has 2 amide bonds. The molecule has 3 heterocycles. The molecule has 32 heavy (non-hydrogen) atoms. The van der Waals surface area contributed by atoms with Crippen LogP contribution in [0.1, 0.15) is 27.6 Å². The lowest BCUT2D eigenvalue weighted by molar-refractivity contribution is -0.123. The lowest BCUT2D eigenvalue weighted by atomic mass is 9.86. The second kappa shape index (κ2) is 7.33. The number of amides is 2. The molecule has 0 saturated carbocycles. The highest BCUT2D eigenvalue weighted by molar-refractivity contribution is 6.24. The number of rotatable bonds is 4. The van der Waals surface area contributed by atoms with E-state index in [1.54, 1.807) is 36.4 Å². The fraction of sp³-hybridized carbons (Fsp3) is 0.208. The number of nitrogens with zero attached hydrogens (tertiary/aromatic N) is 3. The Hall–Kier alpha value is -3.94. The number of halogens is 1. The van der Waals surface area contributed by atoms with Gasteiger partial charge in [0, 0.05) is 17.3 Å². The molecule has 8 heteroatoms. The van der Waals surface area contributed by atoms with E-state index in [4.69, 9.17) is 0 Å². The number of hydrogen-bond acceptors (Lipinski definition) is 6. The minimum Gasteiger partial charge on any atom is -0.295 e. The molecule has 3 aliphatic rings. The van der Waals surface area contributed by atoms with Gasteiger partial charge in [0.25, 0.3) is 0 Å². The van der Waals surface area contributed by atoms with Gasteiger partial charge in [-0.2, -0.15) is 5.10 Å². The van der Waals surface area contributed by atoms with Crippen molar-refractivity contribution in [2.24, 2.45) is 16.9 Å². The van der Waals surface area contributed by atoms with Crippen molar-refractivity contribution in [1.82, 2.24) is 5.01 Å². The summed E-state index contributed by atoms with van der Waals surface area (Å²) in [5.41, 5.74) is 1.06. The maximum atomic E-state index is 13.5. The molecule has 0 unspecified atom stereocenters. The molecule has 160 valence electrons. The van der Waals surface area contributed by atoms with Crippen molar-refractivity contribution >= 4 is 35.3 Å². The van der Waals surface area contributed by atoms with Crippen LogP contribution in [-0.4, -0.2) is 46.7 Å². The molecule has 2 fully saturated rings. The van der Waals surface area contributed by atoms with Crippen molar-refractivity contribution in [3.8, 4) is 0 Å². The van der Waals surface area contributed by atoms with Gasteiger partial charge in [0.05, 0.1) is 23.6 Å². The first-order valence-corrected chi connectivity index (χ1v) is 10.2. The highest BCUT2D eigenvalue weighted by Crippen LogP contribution is 2.46. The number of anilines is 1. The van der Waals surface area contributed by atoms with E-state index in [0.29, 0.717) is 11.3 Å². The van der Waals surface area contributed by atoms with E-state index >= 15 is 0 Å². The van der Waals surface area contributed by atoms with Crippen LogP contribution in [0.2, 0.25) is 0 Å². The number of carbonyl (C=O) groups is 4. The molecule has 0 aromatic heterocycles. The molecule has 7 nitrogen and oxygen atoms in total. The number of allylic oxidation sites excluding steroid dienone is 1. The number of carbonyl (C=O) groups excluding carboxylic acids is 4. The molecular formula is C24H18FN3O4. The van der Waals surface area contributed by atoms with Gasteiger partial charge in [-0.05, 0) is 61.5 Å². The van der Waals surface area contributed by atoms with Crippen LogP contribution in [0.15, 0.2) is 65.8 Å². The van der Waals surface area contributed by atoms with Gasteiger partial charge in [0.2, 0.25) is 11.8 Å². The van der Waals surface area contributed by atoms with E-state index in [-0.39, 0.29) is 11.3 Å². The molecule has 0 spiro atoms. The Morgan fingerprint density at radius 2 is 1.53 bits per heavy atom. The Balaban J connectivity index is 1.55. The molecule has 2 aromatic carbocycles. The highest BCUT2D eigenvalue weighted by Gasteiger charge is 2.64. The predicted octanol–water partition coefficient (Wildman–Crippen LogP) is 2.63. The lowest BCUT2D eigenvalue weighted by Crippen LogP contribution is -2.46. The van der Waals surface area contributed by atoms with Crippen molar-refractivity contribution in [2.45, 2.75) is 19.0 Å². The normalized spacial score (nSPS) is 25.8. The van der Waals surface area contributed by atoms with E-state index in [1.165, 1.54) is 42.4 Å². The van der Waals surface area contributed by atoms with Crippen molar-refractivity contribution in [2.75, 3.05) is 4.90 Å². The first kappa shape index (κ1) is 20.0. The topological polar surface area (TPSA) is 87.1 Å². The average molecular weight is 431 g/mol. The largest absolute Gasteiger partial charge is 0.295 e. The zero-order chi connectivity index (χ0) is 22.6. The van der Waals surface area contributed by atoms with E-state index in [2.05, 4.69) is 5.10 Å². The van der Waals surface area contributed by atoms with E-state index in [1.807, 2.05) is 0 Å². The Kier molecular flexibility index (Phi) is 4.58. The van der Waals surface area contributed by atoms with Crippen LogP contribution in [0, 0.1) is 17.7 Å². The molecule has 5 rings (SSSR count). The molecule has 0 radical (unpaired) electrons. The second-order valence-electron chi connectivity index (χ2n) is 8.00. The van der Waals surface area contributed by atoms with Crippen LogP contribution in [0.25, 0.3) is 0 Å². The molecule has 0 aliphatic carbocycles. The van der Waals surface area contributed by atoms with Crippen LogP contribution >= 0.6 is 0 Å². The smallest absolute Gasteiger partial charge is 0.240 e. The Morgan fingerprint density at radius 1 is 0.906 bits per heavy atom. The maximum Gasteiger partial charge on any atom is 0.240 e. The van der Waals surface area contributed by atoms with Gasteiger partial charge in [-0.15, -0.1) is 0 Å². The monoisotopic (exact) mass is 431 g/mol. The van der Waals surface area contributed by atoms with Crippen LogP contribution in [0.4, 0.5) is 10.1 Å². The van der Waals surface area contributed by atoms with Gasteiger partial charge in [-0.25, -0.2) is 9.29 Å². The summed E-state index contributed by atoms with van der Waals surface area (Å²) in [6, 6.07) is 9.78. The molecule has 2 aromatic rings. The number of benzene rings is 2. The Bertz CT molecular complexity index is 1200. The molecule has 3 aliphatic heterocycles. The summed E-state index contributed by atoms with van der Waals surface area (Å²) in [7, 11) is 0. The fourth-order valence-corrected chi connectivity index (χ4v) is 4.72. The van der Waals surface area contributed by atoms with Crippen molar-refractivity contribution in [1.29, 1.82) is 0 Å². The third kappa shape index (κ3) is 2.90. The summed E-state index contributed by atoms with van der Waals surface area (Å²) in [6.45, 7) is 1.43. The van der Waals surface area contributed by atoms with Gasteiger partial charge in [0.1, 0.15) is 11.9 Å². The van der Waals surface area contributed by atoms with Crippen molar-refractivity contribution < 1.29 is 23.6 Å². The number of hydrazone groups is 1. The van der Waals surface area contributed by atoms with Gasteiger partial charge in [0.15, 0.2) is 11.6 Å². The highest BCUT2D eigenvalue weighted by atomic mass is 19.1. The summed E-state index contributed by atoms with van der Waals surface area (Å²) < 4.78 is 13.4. The quantitative estimate of drug-likeness (QED) is 0.549. The second-order valence-corrected chi connectivity index (χ2v) is 8.00. The lowest BCUT2D eigenvalue weighted by Gasteiger charge is -2.30. The first-order chi connectivity index (χ1) is 15.4. The number of Topliss-reactive ketones (excluding diaryl/α,β-unsaturated/α-hetero) is 2. The van der Waals surface area contributed by atoms with E-state index in [9.17, 15) is 23.6 Å². The summed E-state index contributed by atoms with van der Waals surface area (Å²) in [6.07, 6.45) is 4.96. The van der Waals surface area contributed by atoms with Gasteiger partial charge < -0.3 is 0 Å². The summed E-state index contributed by atoms with van der Waals surface area (Å²) in [5, 5.41) is 5.79. The van der Waals surface area contributed by atoms with Gasteiger partial charge in [-0.1, -0.05) is 6.08 Å². The number of imide groups is 1. The third-order valence-electron chi connectivity index (χ3n) is 6.22. The maximum absolute atomic E-state index is 13.5. The number of ketones is 2. The Morgan fingerprint density at radius 3 is 2.19 bits per heavy atom. The number of hydrogen-bond donors (Lipinski definition) is 0. The van der Waals surface area contributed by atoms with Crippen molar-refractivity contribution in [3.05, 3.63) is 77.6 Å². The van der Waals surface area contributed by atoms with Gasteiger partial charge in [-0.3, -0.25) is 24.2 Å². The van der Waals surface area contributed by atoms with E-state index < -0.39 is 47.3 Å². The summed E-state index contributed by atoms with van der Waals surface area (Å²) in [4.78, 5) is 52.9. The zero-order valence-electron chi connectivity index (χ0n) is 17.0. The predicted molar refractivity (Wildman–Crippen MR) is 114 cm³/mol. The molecule has 4 atom stereocenters. The average Bonchev–Trinajstić information content (AvgIpc) is 3.26. The van der Waals surface area contributed by atoms with Crippen LogP contribution in [0.3, 0.4) is 0 Å². The molecule has 0 N–H and O–H groups in total. The molecular weight excluding hydrogens is 413 g/mol. The molecule has 0 bridgehead atoms. The third-order valence-corrected chi connectivity index (χ3v) is 6.22. The van der Waals surface area contributed by atoms with E-state index in [0.717, 1.165) is 4.90 Å². The Labute approximate surface area is 182 Å². The zero-order valence-corrected chi connectivity index (χ0v) is 17.0. The van der Waals surface area contributed by atoms with Crippen LogP contribution < -0.4 is 4.90 Å². The van der Waals surface area contributed by atoms with Crippen LogP contribution in [-0.2, 0) is 9.59 Å².